The number of carboxylic acid groups (broad SMARTS) is 1. The number of carbonyl (C=O) groups excluding carboxylic acids is 1. The van der Waals surface area contributed by atoms with Crippen molar-refractivity contribution >= 4 is 11.9 Å². The third-order valence-corrected chi connectivity index (χ3v) is 2.42. The topological polar surface area (TPSA) is 123 Å². The predicted octanol–water partition coefficient (Wildman–Crippen LogP) is -0.102. The average Bonchev–Trinajstić information content (AvgIpc) is 2.92. The number of hydrogen-bond acceptors (Lipinski definition) is 6. The monoisotopic (exact) mass is 279 g/mol. The normalized spacial score (nSPS) is 10.5. The molecule has 2 aromatic heterocycles. The van der Waals surface area contributed by atoms with Gasteiger partial charge in [0.05, 0.1) is 18.4 Å². The number of carboxylic acids is 1. The standard InChI is InChI=1S/C11H13N5O4/c1-6-10(20-7(2)13-6)11(19)12-3-8-4-16(15-14-8)5-9(17)18/h4H,3,5H2,1-2H3,(H,12,19)(H,17,18). The molecule has 0 bridgehead atoms. The molecule has 0 atom stereocenters. The Balaban J connectivity index is 1.95. The summed E-state index contributed by atoms with van der Waals surface area (Å²) in [6.45, 7) is 3.18. The van der Waals surface area contributed by atoms with Crippen LogP contribution in [-0.2, 0) is 17.9 Å². The van der Waals surface area contributed by atoms with Gasteiger partial charge in [0, 0.05) is 6.92 Å². The minimum Gasteiger partial charge on any atom is -0.480 e. The smallest absolute Gasteiger partial charge is 0.325 e. The maximum absolute atomic E-state index is 11.8. The summed E-state index contributed by atoms with van der Waals surface area (Å²) in [5.41, 5.74) is 0.961. The Morgan fingerprint density at radius 1 is 1.45 bits per heavy atom. The summed E-state index contributed by atoms with van der Waals surface area (Å²) in [7, 11) is 0. The van der Waals surface area contributed by atoms with Gasteiger partial charge in [-0.05, 0) is 6.92 Å². The zero-order valence-electron chi connectivity index (χ0n) is 11.0. The van der Waals surface area contributed by atoms with Crippen LogP contribution in [0, 0.1) is 13.8 Å². The first-order chi connectivity index (χ1) is 9.45. The van der Waals surface area contributed by atoms with Gasteiger partial charge in [0.25, 0.3) is 5.91 Å². The van der Waals surface area contributed by atoms with E-state index in [1.165, 1.54) is 10.9 Å². The van der Waals surface area contributed by atoms with Gasteiger partial charge in [0.15, 0.2) is 5.89 Å². The molecule has 2 N–H and O–H groups in total. The highest BCUT2D eigenvalue weighted by atomic mass is 16.4. The first kappa shape index (κ1) is 13.7. The summed E-state index contributed by atoms with van der Waals surface area (Å²) in [5, 5.41) is 18.6. The Morgan fingerprint density at radius 3 is 2.80 bits per heavy atom. The Bertz CT molecular complexity index is 645. The van der Waals surface area contributed by atoms with Crippen LogP contribution >= 0.6 is 0 Å². The lowest BCUT2D eigenvalue weighted by atomic mass is 10.3. The lowest BCUT2D eigenvalue weighted by Gasteiger charge is -1.99. The van der Waals surface area contributed by atoms with Crippen LogP contribution in [0.2, 0.25) is 0 Å². The van der Waals surface area contributed by atoms with Crippen molar-refractivity contribution in [3.63, 3.8) is 0 Å². The minimum atomic E-state index is -1.02. The van der Waals surface area contributed by atoms with Crippen LogP contribution in [0.1, 0.15) is 27.8 Å². The molecule has 9 heteroatoms. The van der Waals surface area contributed by atoms with E-state index in [1.54, 1.807) is 13.8 Å². The number of nitrogens with one attached hydrogen (secondary N) is 1. The van der Waals surface area contributed by atoms with E-state index in [9.17, 15) is 9.59 Å². The van der Waals surface area contributed by atoms with E-state index in [-0.39, 0.29) is 18.8 Å². The Kier molecular flexibility index (Phi) is 3.78. The van der Waals surface area contributed by atoms with Crippen LogP contribution in [0.25, 0.3) is 0 Å². The highest BCUT2D eigenvalue weighted by molar-refractivity contribution is 5.92. The second kappa shape index (κ2) is 5.51. The number of oxazole rings is 1. The molecule has 2 heterocycles. The number of aryl methyl sites for hydroxylation is 2. The third kappa shape index (κ3) is 3.19. The summed E-state index contributed by atoms with van der Waals surface area (Å²) < 4.78 is 6.35. The fraction of sp³-hybridized carbons (Fsp3) is 0.364. The van der Waals surface area contributed by atoms with Gasteiger partial charge < -0.3 is 14.8 Å². The van der Waals surface area contributed by atoms with Crippen LogP contribution in [0.4, 0.5) is 0 Å². The van der Waals surface area contributed by atoms with Crippen molar-refractivity contribution in [2.75, 3.05) is 0 Å². The molecule has 2 rings (SSSR count). The summed E-state index contributed by atoms with van der Waals surface area (Å²) in [6.07, 6.45) is 1.45. The Labute approximate surface area is 113 Å². The molecule has 0 spiro atoms. The van der Waals surface area contributed by atoms with Crippen molar-refractivity contribution in [3.8, 4) is 0 Å². The minimum absolute atomic E-state index is 0.123. The van der Waals surface area contributed by atoms with Gasteiger partial charge >= 0.3 is 5.97 Å². The molecule has 0 saturated carbocycles. The van der Waals surface area contributed by atoms with Crippen LogP contribution < -0.4 is 5.32 Å². The molecule has 0 radical (unpaired) electrons. The second-order valence-electron chi connectivity index (χ2n) is 4.13. The summed E-state index contributed by atoms with van der Waals surface area (Å²) in [6, 6.07) is 0. The molecule has 0 saturated heterocycles. The van der Waals surface area contributed by atoms with E-state index < -0.39 is 11.9 Å². The molecular weight excluding hydrogens is 266 g/mol. The highest BCUT2D eigenvalue weighted by Gasteiger charge is 2.16. The zero-order valence-corrected chi connectivity index (χ0v) is 11.0. The largest absolute Gasteiger partial charge is 0.480 e. The molecule has 0 aliphatic rings. The molecule has 0 aromatic carbocycles. The van der Waals surface area contributed by atoms with Gasteiger partial charge in [-0.1, -0.05) is 5.21 Å². The first-order valence-corrected chi connectivity index (χ1v) is 5.78. The maximum atomic E-state index is 11.8. The number of aromatic nitrogens is 4. The molecule has 0 aliphatic heterocycles. The molecule has 106 valence electrons. The van der Waals surface area contributed by atoms with Gasteiger partial charge in [0.1, 0.15) is 12.2 Å². The van der Waals surface area contributed by atoms with Crippen LogP contribution in [0.3, 0.4) is 0 Å². The third-order valence-electron chi connectivity index (χ3n) is 2.42. The molecule has 2 aromatic rings. The number of hydrogen-bond donors (Lipinski definition) is 2. The molecular formula is C11H13N5O4. The summed E-state index contributed by atoms with van der Waals surface area (Å²) in [5.74, 6) is -0.852. The molecule has 9 nitrogen and oxygen atoms in total. The number of aliphatic carboxylic acids is 1. The van der Waals surface area contributed by atoms with Gasteiger partial charge in [-0.15, -0.1) is 5.10 Å². The van der Waals surface area contributed by atoms with E-state index in [4.69, 9.17) is 9.52 Å². The van der Waals surface area contributed by atoms with Crippen molar-refractivity contribution in [1.82, 2.24) is 25.3 Å². The number of rotatable bonds is 5. The van der Waals surface area contributed by atoms with Gasteiger partial charge in [-0.25, -0.2) is 9.67 Å². The predicted molar refractivity (Wildman–Crippen MR) is 64.8 cm³/mol. The van der Waals surface area contributed by atoms with Crippen LogP contribution in [0.5, 0.6) is 0 Å². The molecule has 20 heavy (non-hydrogen) atoms. The van der Waals surface area contributed by atoms with Crippen molar-refractivity contribution in [3.05, 3.63) is 29.2 Å². The fourth-order valence-corrected chi connectivity index (χ4v) is 1.63. The highest BCUT2D eigenvalue weighted by Crippen LogP contribution is 2.09. The van der Waals surface area contributed by atoms with Gasteiger partial charge in [-0.3, -0.25) is 9.59 Å². The van der Waals surface area contributed by atoms with Crippen molar-refractivity contribution in [2.24, 2.45) is 0 Å². The molecule has 0 fully saturated rings. The number of nitrogens with zero attached hydrogens (tertiary/aromatic N) is 4. The number of carbonyl (C=O) groups is 2. The SMILES string of the molecule is Cc1nc(C)c(C(=O)NCc2cn(CC(=O)O)nn2)o1. The maximum Gasteiger partial charge on any atom is 0.325 e. The molecule has 1 amide bonds. The lowest BCUT2D eigenvalue weighted by Crippen LogP contribution is -2.23. The van der Waals surface area contributed by atoms with E-state index in [1.807, 2.05) is 0 Å². The van der Waals surface area contributed by atoms with E-state index >= 15 is 0 Å². The average molecular weight is 279 g/mol. The Morgan fingerprint density at radius 2 is 2.20 bits per heavy atom. The summed E-state index contributed by atoms with van der Waals surface area (Å²) >= 11 is 0. The van der Waals surface area contributed by atoms with Gasteiger partial charge in [-0.2, -0.15) is 0 Å². The van der Waals surface area contributed by atoms with Crippen LogP contribution in [0.15, 0.2) is 10.6 Å². The van der Waals surface area contributed by atoms with E-state index in [0.717, 1.165) is 0 Å². The molecule has 0 unspecified atom stereocenters. The number of amides is 1. The van der Waals surface area contributed by atoms with Crippen molar-refractivity contribution in [2.45, 2.75) is 26.9 Å². The summed E-state index contributed by atoms with van der Waals surface area (Å²) in [4.78, 5) is 26.3. The van der Waals surface area contributed by atoms with Gasteiger partial charge in [0.2, 0.25) is 5.76 Å². The van der Waals surface area contributed by atoms with Crippen molar-refractivity contribution < 1.29 is 19.1 Å². The Hall–Kier alpha value is -2.71. The van der Waals surface area contributed by atoms with E-state index in [2.05, 4.69) is 20.6 Å². The second-order valence-corrected chi connectivity index (χ2v) is 4.13. The quantitative estimate of drug-likeness (QED) is 0.783. The molecule has 0 aliphatic carbocycles. The lowest BCUT2D eigenvalue weighted by molar-refractivity contribution is -0.137. The van der Waals surface area contributed by atoms with Crippen LogP contribution in [-0.4, -0.2) is 37.0 Å². The fourth-order valence-electron chi connectivity index (χ4n) is 1.63. The van der Waals surface area contributed by atoms with Crippen molar-refractivity contribution in [1.29, 1.82) is 0 Å². The zero-order chi connectivity index (χ0) is 14.7. The first-order valence-electron chi connectivity index (χ1n) is 5.78. The van der Waals surface area contributed by atoms with E-state index in [0.29, 0.717) is 17.3 Å².